The monoisotopic (exact) mass is 254 g/mol. The summed E-state index contributed by atoms with van der Waals surface area (Å²) in [5, 5.41) is 3.57. The second-order valence-electron chi connectivity index (χ2n) is 6.95. The summed E-state index contributed by atoms with van der Waals surface area (Å²) in [6, 6.07) is 1.48. The Hall–Kier alpha value is -0.0800. The summed E-state index contributed by atoms with van der Waals surface area (Å²) >= 11 is 0. The highest BCUT2D eigenvalue weighted by molar-refractivity contribution is 4.79. The SMILES string of the molecule is CC(C)CN(CC(C)CNC(C)C)C1CCCC1. The van der Waals surface area contributed by atoms with Crippen molar-refractivity contribution in [2.45, 2.75) is 72.4 Å². The zero-order valence-corrected chi connectivity index (χ0v) is 13.2. The quantitative estimate of drug-likeness (QED) is 0.713. The molecule has 1 unspecified atom stereocenters. The molecule has 1 atom stereocenters. The van der Waals surface area contributed by atoms with Crippen molar-refractivity contribution in [1.82, 2.24) is 10.2 Å². The van der Waals surface area contributed by atoms with Crippen LogP contribution in [0.15, 0.2) is 0 Å². The van der Waals surface area contributed by atoms with E-state index >= 15 is 0 Å². The Bertz CT molecular complexity index is 207. The molecule has 0 aliphatic heterocycles. The molecular weight excluding hydrogens is 220 g/mol. The van der Waals surface area contributed by atoms with E-state index in [0.29, 0.717) is 6.04 Å². The highest BCUT2D eigenvalue weighted by Gasteiger charge is 2.24. The first-order valence-corrected chi connectivity index (χ1v) is 7.96. The summed E-state index contributed by atoms with van der Waals surface area (Å²) in [7, 11) is 0. The van der Waals surface area contributed by atoms with E-state index in [4.69, 9.17) is 0 Å². The Kier molecular flexibility index (Phi) is 7.25. The number of nitrogens with one attached hydrogen (secondary N) is 1. The highest BCUT2D eigenvalue weighted by atomic mass is 15.2. The van der Waals surface area contributed by atoms with Crippen molar-refractivity contribution in [1.29, 1.82) is 0 Å². The normalized spacial score (nSPS) is 19.3. The van der Waals surface area contributed by atoms with Crippen molar-refractivity contribution < 1.29 is 0 Å². The van der Waals surface area contributed by atoms with E-state index in [2.05, 4.69) is 44.8 Å². The van der Waals surface area contributed by atoms with Crippen molar-refractivity contribution in [2.75, 3.05) is 19.6 Å². The second-order valence-corrected chi connectivity index (χ2v) is 6.95. The molecule has 18 heavy (non-hydrogen) atoms. The van der Waals surface area contributed by atoms with Crippen LogP contribution < -0.4 is 5.32 Å². The van der Waals surface area contributed by atoms with Gasteiger partial charge in [-0.3, -0.25) is 4.90 Å². The van der Waals surface area contributed by atoms with Crippen LogP contribution in [-0.4, -0.2) is 36.6 Å². The van der Waals surface area contributed by atoms with Gasteiger partial charge in [-0.15, -0.1) is 0 Å². The molecule has 2 heteroatoms. The molecule has 1 saturated carbocycles. The lowest BCUT2D eigenvalue weighted by atomic mass is 10.1. The largest absolute Gasteiger partial charge is 0.314 e. The lowest BCUT2D eigenvalue weighted by molar-refractivity contribution is 0.152. The average Bonchev–Trinajstić information content (AvgIpc) is 2.78. The number of hydrogen-bond acceptors (Lipinski definition) is 2. The molecule has 0 radical (unpaired) electrons. The highest BCUT2D eigenvalue weighted by Crippen LogP contribution is 2.24. The number of rotatable bonds is 8. The van der Waals surface area contributed by atoms with E-state index in [0.717, 1.165) is 24.4 Å². The Morgan fingerprint density at radius 1 is 1.00 bits per heavy atom. The lowest BCUT2D eigenvalue weighted by Gasteiger charge is -2.33. The van der Waals surface area contributed by atoms with E-state index in [1.165, 1.54) is 38.8 Å². The van der Waals surface area contributed by atoms with Crippen LogP contribution in [0.1, 0.15) is 60.3 Å². The smallest absolute Gasteiger partial charge is 0.00954 e. The van der Waals surface area contributed by atoms with E-state index in [-0.39, 0.29) is 0 Å². The average molecular weight is 254 g/mol. The summed E-state index contributed by atoms with van der Waals surface area (Å²) in [5.74, 6) is 1.54. The minimum Gasteiger partial charge on any atom is -0.314 e. The third-order valence-electron chi connectivity index (χ3n) is 3.86. The van der Waals surface area contributed by atoms with E-state index in [9.17, 15) is 0 Å². The minimum atomic E-state index is 0.609. The van der Waals surface area contributed by atoms with Gasteiger partial charge in [0, 0.05) is 25.2 Å². The van der Waals surface area contributed by atoms with Crippen molar-refractivity contribution in [3.8, 4) is 0 Å². The van der Waals surface area contributed by atoms with Crippen LogP contribution in [0.4, 0.5) is 0 Å². The van der Waals surface area contributed by atoms with Crippen LogP contribution in [0.5, 0.6) is 0 Å². The molecule has 0 aromatic carbocycles. The van der Waals surface area contributed by atoms with Gasteiger partial charge in [0.1, 0.15) is 0 Å². The number of hydrogen-bond donors (Lipinski definition) is 1. The van der Waals surface area contributed by atoms with Gasteiger partial charge < -0.3 is 5.32 Å². The fraction of sp³-hybridized carbons (Fsp3) is 1.00. The molecule has 0 amide bonds. The van der Waals surface area contributed by atoms with Gasteiger partial charge in [-0.05, 0) is 31.2 Å². The zero-order valence-electron chi connectivity index (χ0n) is 13.2. The lowest BCUT2D eigenvalue weighted by Crippen LogP contribution is -2.41. The second kappa shape index (κ2) is 8.16. The Morgan fingerprint density at radius 3 is 2.11 bits per heavy atom. The molecule has 0 bridgehead atoms. The van der Waals surface area contributed by atoms with Crippen LogP contribution in [0.3, 0.4) is 0 Å². The molecule has 0 aromatic heterocycles. The molecule has 1 aliphatic rings. The molecule has 0 saturated heterocycles. The first kappa shape index (κ1) is 16.0. The third-order valence-corrected chi connectivity index (χ3v) is 3.86. The van der Waals surface area contributed by atoms with Gasteiger partial charge in [0.2, 0.25) is 0 Å². The van der Waals surface area contributed by atoms with Gasteiger partial charge >= 0.3 is 0 Å². The van der Waals surface area contributed by atoms with Gasteiger partial charge in [-0.2, -0.15) is 0 Å². The molecule has 108 valence electrons. The number of nitrogens with zero attached hydrogens (tertiary/aromatic N) is 1. The molecule has 0 spiro atoms. The first-order chi connectivity index (χ1) is 8.49. The maximum Gasteiger partial charge on any atom is 0.00954 e. The predicted octanol–water partition coefficient (Wildman–Crippen LogP) is 3.52. The van der Waals surface area contributed by atoms with E-state index in [1.54, 1.807) is 0 Å². The predicted molar refractivity (Wildman–Crippen MR) is 81.0 cm³/mol. The fourth-order valence-corrected chi connectivity index (χ4v) is 3.01. The van der Waals surface area contributed by atoms with Crippen molar-refractivity contribution in [3.05, 3.63) is 0 Å². The fourth-order valence-electron chi connectivity index (χ4n) is 3.01. The van der Waals surface area contributed by atoms with Gasteiger partial charge in [0.15, 0.2) is 0 Å². The zero-order chi connectivity index (χ0) is 13.5. The molecule has 1 fully saturated rings. The van der Waals surface area contributed by atoms with Gasteiger partial charge in [0.05, 0.1) is 0 Å². The molecule has 1 N–H and O–H groups in total. The Balaban J connectivity index is 2.39. The van der Waals surface area contributed by atoms with Crippen molar-refractivity contribution >= 4 is 0 Å². The summed E-state index contributed by atoms with van der Waals surface area (Å²) in [5.41, 5.74) is 0. The van der Waals surface area contributed by atoms with Gasteiger partial charge in [-0.1, -0.05) is 47.5 Å². The maximum atomic E-state index is 3.57. The summed E-state index contributed by atoms with van der Waals surface area (Å²) < 4.78 is 0. The Morgan fingerprint density at radius 2 is 1.61 bits per heavy atom. The molecule has 1 rings (SSSR count). The molecule has 1 aliphatic carbocycles. The Labute approximate surface area is 115 Å². The van der Waals surface area contributed by atoms with Crippen molar-refractivity contribution in [2.24, 2.45) is 11.8 Å². The minimum absolute atomic E-state index is 0.609. The standard InChI is InChI=1S/C16H34N2/c1-13(2)11-18(16-8-6-7-9-16)12-15(5)10-17-14(3)4/h13-17H,6-12H2,1-5H3. The summed E-state index contributed by atoms with van der Waals surface area (Å²) in [6.07, 6.45) is 5.74. The summed E-state index contributed by atoms with van der Waals surface area (Å²) in [4.78, 5) is 2.77. The van der Waals surface area contributed by atoms with Gasteiger partial charge in [-0.25, -0.2) is 0 Å². The van der Waals surface area contributed by atoms with Crippen LogP contribution in [0.2, 0.25) is 0 Å². The van der Waals surface area contributed by atoms with E-state index in [1.807, 2.05) is 0 Å². The van der Waals surface area contributed by atoms with Crippen LogP contribution in [0, 0.1) is 11.8 Å². The maximum absolute atomic E-state index is 3.57. The molecule has 0 aromatic rings. The molecule has 2 nitrogen and oxygen atoms in total. The summed E-state index contributed by atoms with van der Waals surface area (Å²) in [6.45, 7) is 15.2. The third kappa shape index (κ3) is 6.19. The first-order valence-electron chi connectivity index (χ1n) is 7.96. The molecule has 0 heterocycles. The van der Waals surface area contributed by atoms with Gasteiger partial charge in [0.25, 0.3) is 0 Å². The van der Waals surface area contributed by atoms with Crippen LogP contribution >= 0.6 is 0 Å². The van der Waals surface area contributed by atoms with Crippen molar-refractivity contribution in [3.63, 3.8) is 0 Å². The molecular formula is C16H34N2. The van der Waals surface area contributed by atoms with Crippen LogP contribution in [0.25, 0.3) is 0 Å². The van der Waals surface area contributed by atoms with E-state index < -0.39 is 0 Å². The van der Waals surface area contributed by atoms with Crippen LogP contribution in [-0.2, 0) is 0 Å². The topological polar surface area (TPSA) is 15.3 Å².